The van der Waals surface area contributed by atoms with Crippen molar-refractivity contribution in [3.05, 3.63) is 64.0 Å². The van der Waals surface area contributed by atoms with E-state index in [1.54, 1.807) is 0 Å². The van der Waals surface area contributed by atoms with Crippen molar-refractivity contribution < 1.29 is 0 Å². The summed E-state index contributed by atoms with van der Waals surface area (Å²) in [5.41, 5.74) is 0. The molecule has 15 heavy (non-hydrogen) atoms. The van der Waals surface area contributed by atoms with Crippen molar-refractivity contribution in [2.75, 3.05) is 0 Å². The first-order valence-corrected chi connectivity index (χ1v) is 22.3. The second-order valence-corrected chi connectivity index (χ2v) is 42.9. The van der Waals surface area contributed by atoms with E-state index in [-0.39, 0.29) is 0 Å². The molecule has 0 aliphatic heterocycles. The summed E-state index contributed by atoms with van der Waals surface area (Å²) in [5.74, 6) is 0. The molecule has 80 valence electrons. The number of hydrogen-bond acceptors (Lipinski definition) is 1. The van der Waals surface area contributed by atoms with E-state index in [4.69, 9.17) is 0 Å². The van der Waals surface area contributed by atoms with E-state index in [1.807, 2.05) is 6.13 Å². The Morgan fingerprint density at radius 2 is 0.733 bits per heavy atom. The van der Waals surface area contributed by atoms with Gasteiger partial charge in [0.25, 0.3) is 0 Å². The third-order valence-corrected chi connectivity index (χ3v) is 67.3. The fraction of sp³-hybridized carbons (Fsp3) is 0. The molecule has 0 unspecified atom stereocenters. The van der Waals surface area contributed by atoms with E-state index in [1.165, 1.54) is 0 Å². The SMILES string of the molecule is C=[CH][Sn]([CH]=C)([CH]=C)[S][Sn]([CH]=C)([CH]=C)[CH]=C. The summed E-state index contributed by atoms with van der Waals surface area (Å²) in [4.78, 5) is 0. The minimum absolute atomic E-state index is 2.00. The summed E-state index contributed by atoms with van der Waals surface area (Å²) in [5, 5.41) is 0. The average Bonchev–Trinajstić information content (AvgIpc) is 2.33. The Morgan fingerprint density at radius 3 is 0.867 bits per heavy atom. The molecular weight excluding hydrogens is 414 g/mol. The van der Waals surface area contributed by atoms with Gasteiger partial charge in [-0.3, -0.25) is 0 Å². The second kappa shape index (κ2) is 6.86. The van der Waals surface area contributed by atoms with Crippen LogP contribution in [0.1, 0.15) is 0 Å². The normalized spacial score (nSPS) is 11.2. The number of rotatable bonds is 8. The van der Waals surface area contributed by atoms with Crippen molar-refractivity contribution in [3.8, 4) is 0 Å². The van der Waals surface area contributed by atoms with Crippen molar-refractivity contribution in [1.29, 1.82) is 0 Å². The maximum atomic E-state index is 3.92. The van der Waals surface area contributed by atoms with Gasteiger partial charge >= 0.3 is 104 Å². The standard InChI is InChI=1S/6C2H3.S.2Sn/c6*1-2;;;/h6*1H,2H2;;;. The molecule has 0 spiro atoms. The molecule has 3 heteroatoms. The van der Waals surface area contributed by atoms with Gasteiger partial charge in [-0.15, -0.1) is 0 Å². The zero-order valence-corrected chi connectivity index (χ0v) is 15.6. The Kier molecular flexibility index (Phi) is 7.04. The van der Waals surface area contributed by atoms with Crippen molar-refractivity contribution in [2.24, 2.45) is 0 Å². The van der Waals surface area contributed by atoms with E-state index < -0.39 is 34.0 Å². The average molecular weight is 432 g/mol. The third kappa shape index (κ3) is 3.71. The number of hydrogen-bond donors (Lipinski definition) is 0. The molecule has 0 aromatic heterocycles. The van der Waals surface area contributed by atoms with Gasteiger partial charge in [0.05, 0.1) is 0 Å². The van der Waals surface area contributed by atoms with Gasteiger partial charge in [-0.2, -0.15) is 0 Å². The first kappa shape index (κ1) is 15.4. The van der Waals surface area contributed by atoms with Crippen LogP contribution in [0.4, 0.5) is 0 Å². The van der Waals surface area contributed by atoms with Crippen LogP contribution in [0.2, 0.25) is 0 Å². The summed E-state index contributed by atoms with van der Waals surface area (Å²) in [7, 11) is 0. The summed E-state index contributed by atoms with van der Waals surface area (Å²) >= 11 is -5.22. The Balaban J connectivity index is 5.25. The van der Waals surface area contributed by atoms with Crippen LogP contribution in [0.15, 0.2) is 64.0 Å². The van der Waals surface area contributed by atoms with Gasteiger partial charge in [0.2, 0.25) is 0 Å². The van der Waals surface area contributed by atoms with Gasteiger partial charge in [-0.25, -0.2) is 0 Å². The molecule has 0 N–H and O–H groups in total. The minimum atomic E-state index is -2.61. The van der Waals surface area contributed by atoms with Gasteiger partial charge in [-0.1, -0.05) is 0 Å². The molecule has 0 nitrogen and oxygen atoms in total. The van der Waals surface area contributed by atoms with Crippen molar-refractivity contribution >= 4 is 40.1 Å². The Hall–Kier alpha value is 0.387. The van der Waals surface area contributed by atoms with Crippen LogP contribution < -0.4 is 0 Å². The fourth-order valence-electron chi connectivity index (χ4n) is 1.06. The molecule has 0 aromatic rings. The monoisotopic (exact) mass is 434 g/mol. The Bertz CT molecular complexity index is 231. The molecule has 0 aliphatic rings. The van der Waals surface area contributed by atoms with E-state index in [0.717, 1.165) is 0 Å². The van der Waals surface area contributed by atoms with Gasteiger partial charge in [0.15, 0.2) is 0 Å². The zero-order chi connectivity index (χ0) is 11.9. The molecule has 0 fully saturated rings. The van der Waals surface area contributed by atoms with Crippen LogP contribution in [-0.2, 0) is 0 Å². The third-order valence-electron chi connectivity index (χ3n) is 2.27. The van der Waals surface area contributed by atoms with Crippen LogP contribution in [0.3, 0.4) is 0 Å². The van der Waals surface area contributed by atoms with Crippen LogP contribution in [0, 0.1) is 0 Å². The predicted molar refractivity (Wildman–Crippen MR) is 80.3 cm³/mol. The van der Waals surface area contributed by atoms with Gasteiger partial charge in [-0.05, 0) is 0 Å². The first-order chi connectivity index (χ1) is 7.07. The van der Waals surface area contributed by atoms with Gasteiger partial charge in [0.1, 0.15) is 0 Å². The molecule has 0 radical (unpaired) electrons. The van der Waals surface area contributed by atoms with Crippen molar-refractivity contribution in [2.45, 2.75) is 0 Å². The van der Waals surface area contributed by atoms with E-state index in [2.05, 4.69) is 64.0 Å². The fourth-order valence-corrected chi connectivity index (χ4v) is 78.4. The van der Waals surface area contributed by atoms with Gasteiger partial charge in [0, 0.05) is 0 Å². The van der Waals surface area contributed by atoms with Crippen LogP contribution in [0.25, 0.3) is 0 Å². The Labute approximate surface area is 103 Å². The first-order valence-electron chi connectivity index (χ1n) is 4.59. The Morgan fingerprint density at radius 1 is 0.533 bits per heavy atom. The molecule has 0 saturated heterocycles. The predicted octanol–water partition coefficient (Wildman–Crippen LogP) is 3.96. The zero-order valence-electron chi connectivity index (χ0n) is 9.11. The second-order valence-electron chi connectivity index (χ2n) is 3.03. The van der Waals surface area contributed by atoms with Crippen molar-refractivity contribution in [3.63, 3.8) is 0 Å². The van der Waals surface area contributed by atoms with Crippen LogP contribution in [0.5, 0.6) is 0 Å². The molecule has 0 bridgehead atoms. The molecule has 0 atom stereocenters. The molecule has 0 amide bonds. The molecule has 0 rings (SSSR count). The maximum absolute atomic E-state index is 3.92. The molecular formula is C12H18SSn2. The summed E-state index contributed by atoms with van der Waals surface area (Å²) < 4.78 is 12.3. The summed E-state index contributed by atoms with van der Waals surface area (Å²) in [6.07, 6.45) is 2.00. The molecule has 0 aromatic carbocycles. The van der Waals surface area contributed by atoms with Crippen LogP contribution in [-0.4, -0.2) is 34.0 Å². The van der Waals surface area contributed by atoms with Gasteiger partial charge < -0.3 is 0 Å². The van der Waals surface area contributed by atoms with Crippen LogP contribution >= 0.6 is 6.13 Å². The summed E-state index contributed by atoms with van der Waals surface area (Å²) in [6, 6.07) is 0. The van der Waals surface area contributed by atoms with E-state index >= 15 is 0 Å². The molecule has 0 heterocycles. The quantitative estimate of drug-likeness (QED) is 0.524. The molecule has 0 saturated carbocycles. The van der Waals surface area contributed by atoms with E-state index in [0.29, 0.717) is 0 Å². The summed E-state index contributed by atoms with van der Waals surface area (Å²) in [6.45, 7) is 23.5. The van der Waals surface area contributed by atoms with E-state index in [9.17, 15) is 0 Å². The molecule has 0 aliphatic carbocycles. The van der Waals surface area contributed by atoms with Crippen molar-refractivity contribution in [1.82, 2.24) is 0 Å². The topological polar surface area (TPSA) is 0 Å².